The highest BCUT2D eigenvalue weighted by Gasteiger charge is 2.24. The first-order chi connectivity index (χ1) is 7.77. The summed E-state index contributed by atoms with van der Waals surface area (Å²) in [6.45, 7) is 3.96. The molecule has 1 saturated carbocycles. The van der Waals surface area contributed by atoms with Crippen LogP contribution in [0.15, 0.2) is 4.99 Å². The molecule has 1 aliphatic rings. The first kappa shape index (κ1) is 12.9. The number of rotatable bonds is 4. The summed E-state index contributed by atoms with van der Waals surface area (Å²) in [5, 5.41) is 15.8. The fourth-order valence-electron chi connectivity index (χ4n) is 1.92. The van der Waals surface area contributed by atoms with Crippen molar-refractivity contribution in [3.8, 4) is 12.3 Å². The van der Waals surface area contributed by atoms with E-state index in [1.807, 2.05) is 6.92 Å². The standard InChI is InChI=1S/C12H21N3O/c1-3-8-14-12(13-4-2)15-9-10-6-5-7-11(10)16/h1,10-11,16H,4-9H2,2H3,(H2,13,14,15). The highest BCUT2D eigenvalue weighted by Crippen LogP contribution is 2.25. The van der Waals surface area contributed by atoms with E-state index in [4.69, 9.17) is 6.42 Å². The number of hydrogen-bond donors (Lipinski definition) is 3. The molecule has 1 fully saturated rings. The zero-order chi connectivity index (χ0) is 11.8. The van der Waals surface area contributed by atoms with Crippen molar-refractivity contribution in [2.24, 2.45) is 10.9 Å². The van der Waals surface area contributed by atoms with Gasteiger partial charge in [-0.3, -0.25) is 4.99 Å². The fraction of sp³-hybridized carbons (Fsp3) is 0.750. The van der Waals surface area contributed by atoms with Gasteiger partial charge >= 0.3 is 0 Å². The first-order valence-electron chi connectivity index (χ1n) is 5.91. The second kappa shape index (κ2) is 7.13. The number of terminal acetylenes is 1. The minimum Gasteiger partial charge on any atom is -0.393 e. The van der Waals surface area contributed by atoms with Crippen molar-refractivity contribution in [1.82, 2.24) is 10.6 Å². The molecule has 0 aromatic rings. The van der Waals surface area contributed by atoms with Crippen LogP contribution < -0.4 is 10.6 Å². The molecule has 90 valence electrons. The largest absolute Gasteiger partial charge is 0.393 e. The SMILES string of the molecule is C#CCNC(=NCC1CCCC1O)NCC. The number of hydrogen-bond acceptors (Lipinski definition) is 2. The lowest BCUT2D eigenvalue weighted by molar-refractivity contribution is 0.136. The summed E-state index contributed by atoms with van der Waals surface area (Å²) < 4.78 is 0. The van der Waals surface area contributed by atoms with Gasteiger partial charge in [0.2, 0.25) is 0 Å². The third-order valence-corrected chi connectivity index (χ3v) is 2.80. The Morgan fingerprint density at radius 2 is 2.31 bits per heavy atom. The smallest absolute Gasteiger partial charge is 0.192 e. The highest BCUT2D eigenvalue weighted by molar-refractivity contribution is 5.79. The van der Waals surface area contributed by atoms with Crippen LogP contribution in [0.2, 0.25) is 0 Å². The maximum atomic E-state index is 9.67. The van der Waals surface area contributed by atoms with Crippen molar-refractivity contribution >= 4 is 5.96 Å². The molecule has 3 N–H and O–H groups in total. The van der Waals surface area contributed by atoms with E-state index in [-0.39, 0.29) is 6.10 Å². The third kappa shape index (κ3) is 4.11. The van der Waals surface area contributed by atoms with Crippen LogP contribution in [0.4, 0.5) is 0 Å². The topological polar surface area (TPSA) is 56.7 Å². The maximum absolute atomic E-state index is 9.67. The van der Waals surface area contributed by atoms with Crippen LogP contribution in [0.3, 0.4) is 0 Å². The van der Waals surface area contributed by atoms with Crippen molar-refractivity contribution in [3.63, 3.8) is 0 Å². The maximum Gasteiger partial charge on any atom is 0.192 e. The van der Waals surface area contributed by atoms with Gasteiger partial charge in [-0.15, -0.1) is 6.42 Å². The van der Waals surface area contributed by atoms with E-state index >= 15 is 0 Å². The lowest BCUT2D eigenvalue weighted by atomic mass is 10.1. The Morgan fingerprint density at radius 3 is 2.88 bits per heavy atom. The van der Waals surface area contributed by atoms with Gasteiger partial charge in [0.15, 0.2) is 5.96 Å². The Labute approximate surface area is 97.5 Å². The predicted molar refractivity (Wildman–Crippen MR) is 66.2 cm³/mol. The Bertz CT molecular complexity index is 270. The number of guanidine groups is 1. The van der Waals surface area contributed by atoms with Crippen molar-refractivity contribution < 1.29 is 5.11 Å². The van der Waals surface area contributed by atoms with E-state index < -0.39 is 0 Å². The van der Waals surface area contributed by atoms with E-state index in [0.717, 1.165) is 31.8 Å². The van der Waals surface area contributed by atoms with Crippen LogP contribution in [-0.4, -0.2) is 36.8 Å². The summed E-state index contributed by atoms with van der Waals surface area (Å²) in [6.07, 6.45) is 8.08. The van der Waals surface area contributed by atoms with Crippen molar-refractivity contribution in [1.29, 1.82) is 0 Å². The molecule has 0 bridgehead atoms. The molecule has 16 heavy (non-hydrogen) atoms. The fourth-order valence-corrected chi connectivity index (χ4v) is 1.92. The molecule has 0 aromatic heterocycles. The minimum absolute atomic E-state index is 0.181. The van der Waals surface area contributed by atoms with E-state index in [1.54, 1.807) is 0 Å². The Hall–Kier alpha value is -1.21. The molecule has 2 unspecified atom stereocenters. The zero-order valence-electron chi connectivity index (χ0n) is 9.87. The van der Waals surface area contributed by atoms with Gasteiger partial charge in [0.25, 0.3) is 0 Å². The van der Waals surface area contributed by atoms with Crippen LogP contribution in [0.25, 0.3) is 0 Å². The number of nitrogens with zero attached hydrogens (tertiary/aromatic N) is 1. The molecule has 0 aliphatic heterocycles. The lowest BCUT2D eigenvalue weighted by Gasteiger charge is -2.13. The van der Waals surface area contributed by atoms with Crippen LogP contribution >= 0.6 is 0 Å². The van der Waals surface area contributed by atoms with Crippen LogP contribution in [0.1, 0.15) is 26.2 Å². The average Bonchev–Trinajstić information content (AvgIpc) is 2.68. The summed E-state index contributed by atoms with van der Waals surface area (Å²) >= 11 is 0. The summed E-state index contributed by atoms with van der Waals surface area (Å²) in [5.74, 6) is 3.55. The number of aliphatic hydroxyl groups excluding tert-OH is 1. The summed E-state index contributed by atoms with van der Waals surface area (Å²) in [6, 6.07) is 0. The molecule has 0 amide bonds. The number of aliphatic hydroxyl groups is 1. The number of nitrogens with one attached hydrogen (secondary N) is 2. The summed E-state index contributed by atoms with van der Waals surface area (Å²) in [4.78, 5) is 4.42. The van der Waals surface area contributed by atoms with Crippen LogP contribution in [0.5, 0.6) is 0 Å². The van der Waals surface area contributed by atoms with Crippen LogP contribution in [-0.2, 0) is 0 Å². The molecule has 4 nitrogen and oxygen atoms in total. The monoisotopic (exact) mass is 223 g/mol. The molecular weight excluding hydrogens is 202 g/mol. The number of aliphatic imine (C=N–C) groups is 1. The molecule has 2 atom stereocenters. The van der Waals surface area contributed by atoms with Crippen molar-refractivity contribution in [3.05, 3.63) is 0 Å². The van der Waals surface area contributed by atoms with E-state index in [0.29, 0.717) is 19.0 Å². The van der Waals surface area contributed by atoms with Crippen molar-refractivity contribution in [2.45, 2.75) is 32.3 Å². The van der Waals surface area contributed by atoms with Gasteiger partial charge in [0.1, 0.15) is 0 Å². The zero-order valence-corrected chi connectivity index (χ0v) is 9.87. The lowest BCUT2D eigenvalue weighted by Crippen LogP contribution is -2.38. The molecule has 0 saturated heterocycles. The Balaban J connectivity index is 2.40. The minimum atomic E-state index is -0.181. The molecule has 4 heteroatoms. The van der Waals surface area contributed by atoms with Crippen LogP contribution in [0, 0.1) is 18.3 Å². The Kier molecular flexibility index (Phi) is 5.73. The van der Waals surface area contributed by atoms with Gasteiger partial charge in [-0.1, -0.05) is 12.3 Å². The summed E-state index contributed by atoms with van der Waals surface area (Å²) in [5.41, 5.74) is 0. The van der Waals surface area contributed by atoms with Crippen molar-refractivity contribution in [2.75, 3.05) is 19.6 Å². The van der Waals surface area contributed by atoms with E-state index in [2.05, 4.69) is 21.5 Å². The van der Waals surface area contributed by atoms with Gasteiger partial charge in [0, 0.05) is 19.0 Å². The molecule has 0 radical (unpaired) electrons. The van der Waals surface area contributed by atoms with Gasteiger partial charge in [0.05, 0.1) is 12.6 Å². The van der Waals surface area contributed by atoms with Gasteiger partial charge in [-0.2, -0.15) is 0 Å². The third-order valence-electron chi connectivity index (χ3n) is 2.80. The van der Waals surface area contributed by atoms with E-state index in [9.17, 15) is 5.11 Å². The van der Waals surface area contributed by atoms with Gasteiger partial charge in [-0.25, -0.2) is 0 Å². The molecular formula is C12H21N3O. The summed E-state index contributed by atoms with van der Waals surface area (Å²) in [7, 11) is 0. The molecule has 0 heterocycles. The first-order valence-corrected chi connectivity index (χ1v) is 5.91. The molecule has 0 spiro atoms. The highest BCUT2D eigenvalue weighted by atomic mass is 16.3. The quantitative estimate of drug-likeness (QED) is 0.366. The average molecular weight is 223 g/mol. The molecule has 0 aromatic carbocycles. The van der Waals surface area contributed by atoms with E-state index in [1.165, 1.54) is 0 Å². The second-order valence-electron chi connectivity index (χ2n) is 4.04. The Morgan fingerprint density at radius 1 is 1.50 bits per heavy atom. The normalized spacial score (nSPS) is 25.2. The second-order valence-corrected chi connectivity index (χ2v) is 4.04. The van der Waals surface area contributed by atoms with Gasteiger partial charge < -0.3 is 15.7 Å². The predicted octanol–water partition coefficient (Wildman–Crippen LogP) is 0.336. The van der Waals surface area contributed by atoms with Gasteiger partial charge in [-0.05, 0) is 19.8 Å². The molecule has 1 rings (SSSR count). The molecule has 1 aliphatic carbocycles.